The molecule has 134 valence electrons. The van der Waals surface area contributed by atoms with E-state index in [1.165, 1.54) is 0 Å². The van der Waals surface area contributed by atoms with Crippen molar-refractivity contribution in [2.24, 2.45) is 4.99 Å². The van der Waals surface area contributed by atoms with Gasteiger partial charge in [0.25, 0.3) is 0 Å². The van der Waals surface area contributed by atoms with Crippen molar-refractivity contribution >= 4 is 35.4 Å². The number of nitrogens with one attached hydrogen (secondary N) is 2. The molecule has 1 aliphatic rings. The number of aryl methyl sites for hydroxylation is 1. The second-order valence-corrected chi connectivity index (χ2v) is 6.26. The molecule has 0 aliphatic carbocycles. The number of imidazole rings is 2. The fourth-order valence-electron chi connectivity index (χ4n) is 2.88. The first-order chi connectivity index (χ1) is 12.7. The molecule has 1 aliphatic heterocycles. The van der Waals surface area contributed by atoms with Crippen LogP contribution < -0.4 is 10.2 Å². The second-order valence-electron chi connectivity index (χ2n) is 5.82. The topological polar surface area (TPSA) is 94.4 Å². The third-order valence-corrected chi connectivity index (χ3v) is 4.41. The molecular weight excluding hydrogens is 354 g/mol. The molecule has 0 fully saturated rings. The standard InChI is InChI=1S/C17H18ClN7O/c1-2-24-9-20-14-15(24)21-10-25(17-19-7-13(8-26)23-17)16(14)22-12-5-3-4-11(18)6-12/h3-7,9-10,16,22,26H,2,8H2,1H3,(H,19,23). The number of aliphatic hydroxyl groups excluding tert-OH is 1. The predicted molar refractivity (Wildman–Crippen MR) is 101 cm³/mol. The Bertz CT molecular complexity index is 948. The van der Waals surface area contributed by atoms with Gasteiger partial charge in [-0.3, -0.25) is 4.90 Å². The first-order valence-electron chi connectivity index (χ1n) is 8.24. The first kappa shape index (κ1) is 16.6. The Balaban J connectivity index is 1.75. The zero-order valence-electron chi connectivity index (χ0n) is 14.1. The highest BCUT2D eigenvalue weighted by atomic mass is 35.5. The van der Waals surface area contributed by atoms with E-state index in [2.05, 4.69) is 25.3 Å². The number of aliphatic hydroxyl groups is 1. The summed E-state index contributed by atoms with van der Waals surface area (Å²) in [6, 6.07) is 7.50. The maximum absolute atomic E-state index is 9.29. The summed E-state index contributed by atoms with van der Waals surface area (Å²) in [5.41, 5.74) is 2.20. The number of fused-ring (bicyclic) bond motifs is 1. The molecule has 0 saturated heterocycles. The van der Waals surface area contributed by atoms with Gasteiger partial charge >= 0.3 is 0 Å². The Hall–Kier alpha value is -2.84. The fraction of sp³-hybridized carbons (Fsp3) is 0.235. The molecule has 3 N–H and O–H groups in total. The first-order valence-corrected chi connectivity index (χ1v) is 8.62. The molecule has 1 unspecified atom stereocenters. The van der Waals surface area contributed by atoms with E-state index in [0.717, 1.165) is 23.7 Å². The minimum atomic E-state index is -0.327. The summed E-state index contributed by atoms with van der Waals surface area (Å²) < 4.78 is 1.98. The van der Waals surface area contributed by atoms with Gasteiger partial charge in [-0.25, -0.2) is 15.0 Å². The minimum absolute atomic E-state index is 0.135. The van der Waals surface area contributed by atoms with Crippen LogP contribution in [0.5, 0.6) is 0 Å². The number of aromatic nitrogens is 4. The van der Waals surface area contributed by atoms with Gasteiger partial charge in [-0.05, 0) is 25.1 Å². The van der Waals surface area contributed by atoms with E-state index in [1.54, 1.807) is 18.9 Å². The zero-order valence-corrected chi connectivity index (χ0v) is 14.9. The third kappa shape index (κ3) is 2.93. The number of benzene rings is 1. The molecule has 3 heterocycles. The Morgan fingerprint density at radius 3 is 3.00 bits per heavy atom. The summed E-state index contributed by atoms with van der Waals surface area (Å²) in [7, 11) is 0. The molecular formula is C17H18ClN7O. The quantitative estimate of drug-likeness (QED) is 0.640. The lowest BCUT2D eigenvalue weighted by Gasteiger charge is -2.31. The predicted octanol–water partition coefficient (Wildman–Crippen LogP) is 3.06. The van der Waals surface area contributed by atoms with Crippen molar-refractivity contribution in [3.63, 3.8) is 0 Å². The van der Waals surface area contributed by atoms with Crippen LogP contribution in [0.15, 0.2) is 41.8 Å². The van der Waals surface area contributed by atoms with Gasteiger partial charge in [0.1, 0.15) is 12.0 Å². The van der Waals surface area contributed by atoms with Crippen molar-refractivity contribution in [3.8, 4) is 0 Å². The van der Waals surface area contributed by atoms with Crippen LogP contribution in [0.4, 0.5) is 17.5 Å². The van der Waals surface area contributed by atoms with Crippen molar-refractivity contribution in [2.75, 3.05) is 10.2 Å². The second kappa shape index (κ2) is 6.81. The van der Waals surface area contributed by atoms with Crippen molar-refractivity contribution in [2.45, 2.75) is 26.2 Å². The monoisotopic (exact) mass is 371 g/mol. The lowest BCUT2D eigenvalue weighted by atomic mass is 10.2. The van der Waals surface area contributed by atoms with E-state index in [-0.39, 0.29) is 12.8 Å². The number of aromatic amines is 1. The number of anilines is 2. The van der Waals surface area contributed by atoms with Crippen molar-refractivity contribution < 1.29 is 5.11 Å². The lowest BCUT2D eigenvalue weighted by Crippen LogP contribution is -2.36. The van der Waals surface area contributed by atoms with Crippen LogP contribution >= 0.6 is 11.6 Å². The number of aliphatic imine (C=N–C) groups is 1. The van der Waals surface area contributed by atoms with E-state index in [4.69, 9.17) is 11.6 Å². The number of hydrogen-bond donors (Lipinski definition) is 3. The summed E-state index contributed by atoms with van der Waals surface area (Å²) in [6.07, 6.45) is 4.82. The van der Waals surface area contributed by atoms with Crippen molar-refractivity contribution in [1.82, 2.24) is 19.5 Å². The molecule has 4 rings (SSSR count). The van der Waals surface area contributed by atoms with E-state index >= 15 is 0 Å². The third-order valence-electron chi connectivity index (χ3n) is 4.17. The lowest BCUT2D eigenvalue weighted by molar-refractivity contribution is 0.277. The number of H-pyrrole nitrogens is 1. The van der Waals surface area contributed by atoms with Gasteiger partial charge in [0.2, 0.25) is 5.95 Å². The van der Waals surface area contributed by atoms with Crippen molar-refractivity contribution in [3.05, 3.63) is 53.2 Å². The van der Waals surface area contributed by atoms with Crippen LogP contribution in [0.25, 0.3) is 0 Å². The van der Waals surface area contributed by atoms with Crippen LogP contribution in [0.2, 0.25) is 5.02 Å². The van der Waals surface area contributed by atoms with Crippen LogP contribution in [-0.2, 0) is 13.2 Å². The summed E-state index contributed by atoms with van der Waals surface area (Å²) >= 11 is 6.12. The maximum atomic E-state index is 9.29. The van der Waals surface area contributed by atoms with Gasteiger partial charge in [-0.15, -0.1) is 0 Å². The summed E-state index contributed by atoms with van der Waals surface area (Å²) in [5, 5.41) is 13.4. The van der Waals surface area contributed by atoms with Gasteiger partial charge < -0.3 is 20.0 Å². The van der Waals surface area contributed by atoms with Gasteiger partial charge in [0.05, 0.1) is 18.6 Å². The van der Waals surface area contributed by atoms with Crippen LogP contribution in [0, 0.1) is 0 Å². The van der Waals surface area contributed by atoms with Crippen LogP contribution in [0.3, 0.4) is 0 Å². The fourth-order valence-corrected chi connectivity index (χ4v) is 3.07. The number of nitrogens with zero attached hydrogens (tertiary/aromatic N) is 5. The van der Waals surface area contributed by atoms with Gasteiger partial charge in [-0.1, -0.05) is 17.7 Å². The Morgan fingerprint density at radius 1 is 1.38 bits per heavy atom. The number of rotatable bonds is 5. The number of halogens is 1. The smallest absolute Gasteiger partial charge is 0.210 e. The molecule has 1 atom stereocenters. The highest BCUT2D eigenvalue weighted by Crippen LogP contribution is 2.35. The molecule has 9 heteroatoms. The molecule has 0 spiro atoms. The van der Waals surface area contributed by atoms with Crippen LogP contribution in [-0.4, -0.2) is 31.0 Å². The van der Waals surface area contributed by atoms with E-state index < -0.39 is 0 Å². The summed E-state index contributed by atoms with van der Waals surface area (Å²) in [4.78, 5) is 18.4. The molecule has 3 aromatic rings. The Kier molecular flexibility index (Phi) is 4.36. The molecule has 2 aromatic heterocycles. The van der Waals surface area contributed by atoms with E-state index in [1.807, 2.05) is 40.7 Å². The highest BCUT2D eigenvalue weighted by Gasteiger charge is 2.31. The van der Waals surface area contributed by atoms with Gasteiger partial charge in [0, 0.05) is 23.5 Å². The molecule has 8 nitrogen and oxygen atoms in total. The maximum Gasteiger partial charge on any atom is 0.210 e. The average molecular weight is 372 g/mol. The van der Waals surface area contributed by atoms with Crippen molar-refractivity contribution in [1.29, 1.82) is 0 Å². The van der Waals surface area contributed by atoms with Gasteiger partial charge in [0.15, 0.2) is 12.0 Å². The Morgan fingerprint density at radius 2 is 2.27 bits per heavy atom. The molecule has 1 aromatic carbocycles. The molecule has 26 heavy (non-hydrogen) atoms. The van der Waals surface area contributed by atoms with E-state index in [9.17, 15) is 5.11 Å². The largest absolute Gasteiger partial charge is 0.390 e. The molecule has 0 amide bonds. The summed E-state index contributed by atoms with van der Waals surface area (Å²) in [6.45, 7) is 2.69. The average Bonchev–Trinajstić information content (AvgIpc) is 3.28. The highest BCUT2D eigenvalue weighted by molar-refractivity contribution is 6.30. The SMILES string of the molecule is CCn1cnc2c1N=CN(c1nc(CO)c[nH]1)C2Nc1cccc(Cl)c1. The molecule has 0 bridgehead atoms. The molecule has 0 saturated carbocycles. The van der Waals surface area contributed by atoms with Crippen LogP contribution in [0.1, 0.15) is 24.5 Å². The molecule has 0 radical (unpaired) electrons. The zero-order chi connectivity index (χ0) is 18.1. The minimum Gasteiger partial charge on any atom is -0.390 e. The Labute approximate surface area is 155 Å². The normalized spacial score (nSPS) is 16.0. The number of hydrogen-bond acceptors (Lipinski definition) is 6. The summed E-state index contributed by atoms with van der Waals surface area (Å²) in [5.74, 6) is 1.37. The van der Waals surface area contributed by atoms with Gasteiger partial charge in [-0.2, -0.15) is 0 Å². The van der Waals surface area contributed by atoms with E-state index in [0.29, 0.717) is 16.7 Å².